The molecule has 0 aliphatic carbocycles. The molecule has 0 radical (unpaired) electrons. The Labute approximate surface area is 121 Å². The predicted molar refractivity (Wildman–Crippen MR) is 85.6 cm³/mol. The molecule has 0 atom stereocenters. The fourth-order valence-electron chi connectivity index (χ4n) is 2.64. The molecule has 0 spiro atoms. The van der Waals surface area contributed by atoms with Crippen molar-refractivity contribution in [1.82, 2.24) is 9.78 Å². The molecule has 0 amide bonds. The van der Waals surface area contributed by atoms with E-state index >= 15 is 0 Å². The van der Waals surface area contributed by atoms with Gasteiger partial charge in [0.15, 0.2) is 0 Å². The van der Waals surface area contributed by atoms with Crippen LogP contribution in [0, 0.1) is 6.92 Å². The van der Waals surface area contributed by atoms with Gasteiger partial charge in [0.25, 0.3) is 0 Å². The van der Waals surface area contributed by atoms with Gasteiger partial charge in [0.05, 0.1) is 5.69 Å². The molecule has 1 aromatic heterocycles. The Balaban J connectivity index is 2.30. The standard InChI is InChI=1S/C17H25N3/c1-4-5-6-7-12-15-16(17(18)20(3)19-15)14-11-9-8-10-13(14)2/h8-11H,4-7,12,18H2,1-3H3. The molecule has 2 N–H and O–H groups in total. The van der Waals surface area contributed by atoms with Gasteiger partial charge in [-0.15, -0.1) is 0 Å². The molecule has 2 aromatic rings. The number of nitrogens with zero attached hydrogens (tertiary/aromatic N) is 2. The van der Waals surface area contributed by atoms with Crippen LogP contribution in [0.1, 0.15) is 43.9 Å². The van der Waals surface area contributed by atoms with Crippen molar-refractivity contribution in [1.29, 1.82) is 0 Å². The lowest BCUT2D eigenvalue weighted by molar-refractivity contribution is 0.651. The van der Waals surface area contributed by atoms with Gasteiger partial charge in [0, 0.05) is 12.6 Å². The van der Waals surface area contributed by atoms with Gasteiger partial charge in [0.1, 0.15) is 5.82 Å². The number of anilines is 1. The molecule has 2 rings (SSSR count). The lowest BCUT2D eigenvalue weighted by atomic mass is 9.98. The van der Waals surface area contributed by atoms with Crippen molar-refractivity contribution in [2.75, 3.05) is 5.73 Å². The van der Waals surface area contributed by atoms with E-state index in [4.69, 9.17) is 5.73 Å². The number of hydrogen-bond donors (Lipinski definition) is 1. The number of hydrogen-bond acceptors (Lipinski definition) is 2. The third-order valence-corrected chi connectivity index (χ3v) is 3.85. The van der Waals surface area contributed by atoms with E-state index < -0.39 is 0 Å². The number of nitrogen functional groups attached to an aromatic ring is 1. The van der Waals surface area contributed by atoms with Crippen molar-refractivity contribution in [3.63, 3.8) is 0 Å². The second kappa shape index (κ2) is 6.60. The van der Waals surface area contributed by atoms with Gasteiger partial charge in [-0.05, 0) is 30.9 Å². The molecule has 0 unspecified atom stereocenters. The molecule has 3 nitrogen and oxygen atoms in total. The van der Waals surface area contributed by atoms with E-state index in [1.807, 2.05) is 7.05 Å². The van der Waals surface area contributed by atoms with Crippen LogP contribution in [0.4, 0.5) is 5.82 Å². The smallest absolute Gasteiger partial charge is 0.129 e. The van der Waals surface area contributed by atoms with Crippen LogP contribution in [0.5, 0.6) is 0 Å². The van der Waals surface area contributed by atoms with Crippen molar-refractivity contribution in [3.05, 3.63) is 35.5 Å². The summed E-state index contributed by atoms with van der Waals surface area (Å²) in [5.41, 5.74) is 11.0. The van der Waals surface area contributed by atoms with E-state index in [1.165, 1.54) is 36.8 Å². The molecule has 0 saturated carbocycles. The quantitative estimate of drug-likeness (QED) is 0.804. The van der Waals surface area contributed by atoms with Crippen LogP contribution in [-0.2, 0) is 13.5 Å². The van der Waals surface area contributed by atoms with Crippen molar-refractivity contribution in [2.45, 2.75) is 46.0 Å². The fraction of sp³-hybridized carbons (Fsp3) is 0.471. The van der Waals surface area contributed by atoms with Crippen LogP contribution in [0.15, 0.2) is 24.3 Å². The zero-order valence-corrected chi connectivity index (χ0v) is 12.8. The summed E-state index contributed by atoms with van der Waals surface area (Å²) in [6.45, 7) is 4.36. The lowest BCUT2D eigenvalue weighted by Crippen LogP contribution is -1.98. The van der Waals surface area contributed by atoms with E-state index in [1.54, 1.807) is 4.68 Å². The molecule has 1 heterocycles. The van der Waals surface area contributed by atoms with Gasteiger partial charge in [0.2, 0.25) is 0 Å². The summed E-state index contributed by atoms with van der Waals surface area (Å²) in [6, 6.07) is 8.39. The largest absolute Gasteiger partial charge is 0.383 e. The van der Waals surface area contributed by atoms with Gasteiger partial charge in [-0.2, -0.15) is 5.10 Å². The average Bonchev–Trinajstić information content (AvgIpc) is 2.71. The maximum absolute atomic E-state index is 6.24. The Bertz CT molecular complexity index is 570. The van der Waals surface area contributed by atoms with E-state index in [0.717, 1.165) is 23.5 Å². The van der Waals surface area contributed by atoms with Gasteiger partial charge in [-0.1, -0.05) is 50.5 Å². The summed E-state index contributed by atoms with van der Waals surface area (Å²) in [5, 5.41) is 4.62. The first-order valence-corrected chi connectivity index (χ1v) is 7.52. The SMILES string of the molecule is CCCCCCc1nn(C)c(N)c1-c1ccccc1C. The van der Waals surface area contributed by atoms with Crippen LogP contribution in [-0.4, -0.2) is 9.78 Å². The van der Waals surface area contributed by atoms with Crippen molar-refractivity contribution >= 4 is 5.82 Å². The third kappa shape index (κ3) is 3.03. The summed E-state index contributed by atoms with van der Waals surface area (Å²) >= 11 is 0. The highest BCUT2D eigenvalue weighted by atomic mass is 15.3. The summed E-state index contributed by atoms with van der Waals surface area (Å²) in [4.78, 5) is 0. The van der Waals surface area contributed by atoms with E-state index in [-0.39, 0.29) is 0 Å². The van der Waals surface area contributed by atoms with Crippen molar-refractivity contribution in [2.24, 2.45) is 7.05 Å². The van der Waals surface area contributed by atoms with Gasteiger partial charge < -0.3 is 5.73 Å². The van der Waals surface area contributed by atoms with Crippen molar-refractivity contribution < 1.29 is 0 Å². The molecule has 1 aromatic carbocycles. The fourth-order valence-corrected chi connectivity index (χ4v) is 2.64. The van der Waals surface area contributed by atoms with Crippen molar-refractivity contribution in [3.8, 4) is 11.1 Å². The molecule has 0 fully saturated rings. The summed E-state index contributed by atoms with van der Waals surface area (Å²) in [6.07, 6.45) is 6.01. The van der Waals surface area contributed by atoms with Crippen LogP contribution >= 0.6 is 0 Å². The maximum atomic E-state index is 6.24. The Morgan fingerprint density at radius 2 is 1.90 bits per heavy atom. The zero-order valence-electron chi connectivity index (χ0n) is 12.8. The second-order valence-corrected chi connectivity index (χ2v) is 5.46. The number of aryl methyl sites for hydroxylation is 3. The number of aromatic nitrogens is 2. The first-order chi connectivity index (χ1) is 9.65. The van der Waals surface area contributed by atoms with E-state index in [9.17, 15) is 0 Å². The summed E-state index contributed by atoms with van der Waals surface area (Å²) in [7, 11) is 1.92. The number of benzene rings is 1. The number of rotatable bonds is 6. The first-order valence-electron chi connectivity index (χ1n) is 7.52. The van der Waals surface area contributed by atoms with E-state index in [2.05, 4.69) is 43.2 Å². The lowest BCUT2D eigenvalue weighted by Gasteiger charge is -2.07. The van der Waals surface area contributed by atoms with Crippen LogP contribution in [0.25, 0.3) is 11.1 Å². The normalized spacial score (nSPS) is 10.9. The third-order valence-electron chi connectivity index (χ3n) is 3.85. The van der Waals surface area contributed by atoms with Crippen LogP contribution in [0.2, 0.25) is 0 Å². The minimum absolute atomic E-state index is 0.768. The highest BCUT2D eigenvalue weighted by Crippen LogP contribution is 2.32. The van der Waals surface area contributed by atoms with Gasteiger partial charge in [-0.25, -0.2) is 0 Å². The molecule has 0 aliphatic rings. The minimum Gasteiger partial charge on any atom is -0.383 e. The zero-order chi connectivity index (χ0) is 14.5. The molecule has 0 saturated heterocycles. The van der Waals surface area contributed by atoms with Crippen LogP contribution < -0.4 is 5.73 Å². The molecule has 0 bridgehead atoms. The maximum Gasteiger partial charge on any atom is 0.129 e. The first kappa shape index (κ1) is 14.6. The molecule has 3 heteroatoms. The topological polar surface area (TPSA) is 43.8 Å². The molecule has 108 valence electrons. The van der Waals surface area contributed by atoms with Crippen LogP contribution in [0.3, 0.4) is 0 Å². The summed E-state index contributed by atoms with van der Waals surface area (Å²) in [5.74, 6) is 0.768. The minimum atomic E-state index is 0.768. The molecule has 20 heavy (non-hydrogen) atoms. The average molecular weight is 271 g/mol. The highest BCUT2D eigenvalue weighted by Gasteiger charge is 2.16. The Morgan fingerprint density at radius 3 is 2.60 bits per heavy atom. The second-order valence-electron chi connectivity index (χ2n) is 5.46. The summed E-state index contributed by atoms with van der Waals surface area (Å²) < 4.78 is 1.80. The Morgan fingerprint density at radius 1 is 1.15 bits per heavy atom. The molecule has 0 aliphatic heterocycles. The monoisotopic (exact) mass is 271 g/mol. The Kier molecular flexibility index (Phi) is 4.83. The Hall–Kier alpha value is -1.77. The number of unbranched alkanes of at least 4 members (excludes halogenated alkanes) is 3. The highest BCUT2D eigenvalue weighted by molar-refractivity contribution is 5.78. The molecular weight excluding hydrogens is 246 g/mol. The van der Waals surface area contributed by atoms with E-state index in [0.29, 0.717) is 0 Å². The van der Waals surface area contributed by atoms with Gasteiger partial charge >= 0.3 is 0 Å². The predicted octanol–water partition coefficient (Wildman–Crippen LogP) is 4.10. The van der Waals surface area contributed by atoms with Gasteiger partial charge in [-0.3, -0.25) is 4.68 Å². The molecular formula is C17H25N3. The number of nitrogens with two attached hydrogens (primary N) is 1.